The Bertz CT molecular complexity index is 768. The number of ether oxygens (including phenoxy) is 1. The van der Waals surface area contributed by atoms with Crippen LogP contribution < -0.4 is 0 Å². The number of cyclic esters (lactones) is 1. The van der Waals surface area contributed by atoms with Crippen molar-refractivity contribution in [2.75, 3.05) is 0 Å². The van der Waals surface area contributed by atoms with Crippen molar-refractivity contribution in [3.63, 3.8) is 0 Å². The molecule has 5 nitrogen and oxygen atoms in total. The van der Waals surface area contributed by atoms with E-state index in [1.165, 1.54) is 6.08 Å². The van der Waals surface area contributed by atoms with Crippen LogP contribution in [0.25, 0.3) is 0 Å². The standard InChI is InChI=1S/C25H36O5/c1-14(2)11-21(27)25(29)18(6)19-9-8-16(4)24(19)20(26)12-15(3)7-10-22-17(5)13-23(28)30-22/h11-13,16,18-19,21-22,24,27H,7-10H2,1-6H3/b15-12-. The summed E-state index contributed by atoms with van der Waals surface area (Å²) in [5, 5.41) is 10.2. The van der Waals surface area contributed by atoms with E-state index >= 15 is 0 Å². The predicted molar refractivity (Wildman–Crippen MR) is 117 cm³/mol. The van der Waals surface area contributed by atoms with Gasteiger partial charge in [-0.2, -0.15) is 0 Å². The van der Waals surface area contributed by atoms with Crippen LogP contribution in [0.15, 0.2) is 34.9 Å². The molecule has 1 saturated carbocycles. The minimum absolute atomic E-state index is 0.0507. The van der Waals surface area contributed by atoms with Gasteiger partial charge >= 0.3 is 5.97 Å². The summed E-state index contributed by atoms with van der Waals surface area (Å²) in [7, 11) is 0. The Morgan fingerprint density at radius 3 is 2.50 bits per heavy atom. The van der Waals surface area contributed by atoms with Gasteiger partial charge in [0.2, 0.25) is 0 Å². The minimum atomic E-state index is -1.11. The maximum absolute atomic E-state index is 13.1. The van der Waals surface area contributed by atoms with E-state index < -0.39 is 6.10 Å². The lowest BCUT2D eigenvalue weighted by Gasteiger charge is -2.26. The van der Waals surface area contributed by atoms with Gasteiger partial charge in [-0.1, -0.05) is 31.1 Å². The summed E-state index contributed by atoms with van der Waals surface area (Å²) < 4.78 is 5.26. The number of Topliss-reactive ketones (excluding diaryl/α,β-unsaturated/α-hetero) is 1. The molecule has 1 fully saturated rings. The van der Waals surface area contributed by atoms with Gasteiger partial charge in [-0.25, -0.2) is 4.79 Å². The molecule has 1 aliphatic heterocycles. The van der Waals surface area contributed by atoms with Crippen molar-refractivity contribution in [2.45, 2.75) is 79.4 Å². The Hall–Kier alpha value is -2.01. The summed E-state index contributed by atoms with van der Waals surface area (Å²) in [6.07, 6.45) is 6.55. The van der Waals surface area contributed by atoms with Gasteiger partial charge in [-0.3, -0.25) is 9.59 Å². The molecule has 1 aliphatic carbocycles. The molecular formula is C25H36O5. The van der Waals surface area contributed by atoms with Gasteiger partial charge in [0.25, 0.3) is 0 Å². The second-order valence-electron chi connectivity index (χ2n) is 9.37. The van der Waals surface area contributed by atoms with E-state index in [4.69, 9.17) is 4.74 Å². The lowest BCUT2D eigenvalue weighted by Crippen LogP contribution is -2.35. The molecule has 0 aromatic heterocycles. The number of aliphatic hydroxyl groups is 1. The zero-order valence-corrected chi connectivity index (χ0v) is 19.1. The topological polar surface area (TPSA) is 80.7 Å². The normalized spacial score (nSPS) is 28.6. The van der Waals surface area contributed by atoms with E-state index in [1.807, 2.05) is 34.6 Å². The fourth-order valence-electron chi connectivity index (χ4n) is 4.77. The first-order valence-electron chi connectivity index (χ1n) is 11.0. The SMILES string of the molecule is CC(C)=CC(O)C(=O)C(C)C1CCC(C)C1C(=O)/C=C(/C)CCC1OC(=O)C=C1C. The van der Waals surface area contributed by atoms with Crippen LogP contribution in [0.2, 0.25) is 0 Å². The highest BCUT2D eigenvalue weighted by atomic mass is 16.5. The first-order chi connectivity index (χ1) is 14.0. The smallest absolute Gasteiger partial charge is 0.331 e. The molecule has 6 unspecified atom stereocenters. The largest absolute Gasteiger partial charge is 0.455 e. The third-order valence-electron chi connectivity index (χ3n) is 6.53. The summed E-state index contributed by atoms with van der Waals surface area (Å²) in [6, 6.07) is 0. The molecule has 0 amide bonds. The van der Waals surface area contributed by atoms with Crippen LogP contribution in [-0.2, 0) is 19.1 Å². The molecule has 1 heterocycles. The molecule has 6 atom stereocenters. The fraction of sp³-hybridized carbons (Fsp3) is 0.640. The minimum Gasteiger partial charge on any atom is -0.455 e. The maximum atomic E-state index is 13.1. The molecule has 30 heavy (non-hydrogen) atoms. The molecule has 0 radical (unpaired) electrons. The number of carbonyl (C=O) groups excluding carboxylic acids is 3. The molecule has 0 saturated heterocycles. The molecule has 0 spiro atoms. The van der Waals surface area contributed by atoms with Crippen LogP contribution in [0.1, 0.15) is 67.2 Å². The Kier molecular flexibility index (Phi) is 8.36. The Morgan fingerprint density at radius 2 is 1.93 bits per heavy atom. The Morgan fingerprint density at radius 1 is 1.27 bits per heavy atom. The number of aliphatic hydroxyl groups excluding tert-OH is 1. The van der Waals surface area contributed by atoms with Crippen molar-refractivity contribution in [3.8, 4) is 0 Å². The predicted octanol–water partition coefficient (Wildman–Crippen LogP) is 4.35. The highest BCUT2D eigenvalue weighted by molar-refractivity contribution is 5.94. The lowest BCUT2D eigenvalue weighted by molar-refractivity contribution is -0.139. The highest BCUT2D eigenvalue weighted by Crippen LogP contribution is 2.42. The number of hydrogen-bond acceptors (Lipinski definition) is 5. The maximum Gasteiger partial charge on any atom is 0.331 e. The van der Waals surface area contributed by atoms with Crippen LogP contribution >= 0.6 is 0 Å². The quantitative estimate of drug-likeness (QED) is 0.343. The molecular weight excluding hydrogens is 380 g/mol. The molecule has 0 aromatic carbocycles. The monoisotopic (exact) mass is 416 g/mol. The third kappa shape index (κ3) is 6.00. The van der Waals surface area contributed by atoms with Crippen molar-refractivity contribution >= 4 is 17.5 Å². The number of rotatable bonds is 9. The van der Waals surface area contributed by atoms with E-state index in [-0.39, 0.29) is 47.3 Å². The lowest BCUT2D eigenvalue weighted by atomic mass is 9.76. The molecule has 166 valence electrons. The van der Waals surface area contributed by atoms with Crippen LogP contribution in [0.4, 0.5) is 0 Å². The van der Waals surface area contributed by atoms with Crippen LogP contribution in [-0.4, -0.2) is 34.9 Å². The Balaban J connectivity index is 2.03. The summed E-state index contributed by atoms with van der Waals surface area (Å²) >= 11 is 0. The molecule has 2 aliphatic rings. The van der Waals surface area contributed by atoms with Gasteiger partial charge in [-0.15, -0.1) is 0 Å². The van der Waals surface area contributed by atoms with Crippen LogP contribution in [0.3, 0.4) is 0 Å². The highest BCUT2D eigenvalue weighted by Gasteiger charge is 2.43. The average molecular weight is 417 g/mol. The number of esters is 1. The summed E-state index contributed by atoms with van der Waals surface area (Å²) in [5.74, 6) is -0.855. The third-order valence-corrected chi connectivity index (χ3v) is 6.53. The first kappa shape index (κ1) is 24.3. The van der Waals surface area contributed by atoms with Crippen LogP contribution in [0.5, 0.6) is 0 Å². The van der Waals surface area contributed by atoms with Gasteiger partial charge in [0.05, 0.1) is 0 Å². The molecule has 0 bridgehead atoms. The molecule has 0 aromatic rings. The van der Waals surface area contributed by atoms with Crippen molar-refractivity contribution < 1.29 is 24.2 Å². The van der Waals surface area contributed by atoms with Crippen molar-refractivity contribution in [2.24, 2.45) is 23.7 Å². The summed E-state index contributed by atoms with van der Waals surface area (Å²) in [6.45, 7) is 11.4. The van der Waals surface area contributed by atoms with Crippen molar-refractivity contribution in [1.82, 2.24) is 0 Å². The van der Waals surface area contributed by atoms with Gasteiger partial charge in [-0.05, 0) is 76.9 Å². The van der Waals surface area contributed by atoms with Gasteiger partial charge < -0.3 is 9.84 Å². The van der Waals surface area contributed by atoms with Crippen molar-refractivity contribution in [3.05, 3.63) is 34.9 Å². The second kappa shape index (κ2) is 10.3. The zero-order valence-electron chi connectivity index (χ0n) is 19.1. The molecule has 2 rings (SSSR count). The Labute approximate surface area is 180 Å². The molecule has 1 N–H and O–H groups in total. The average Bonchev–Trinajstić information content (AvgIpc) is 3.19. The van der Waals surface area contributed by atoms with Gasteiger partial charge in [0.1, 0.15) is 12.2 Å². The van der Waals surface area contributed by atoms with E-state index in [1.54, 1.807) is 12.2 Å². The van der Waals surface area contributed by atoms with Crippen LogP contribution in [0, 0.1) is 23.7 Å². The van der Waals surface area contributed by atoms with E-state index in [0.29, 0.717) is 12.8 Å². The summed E-state index contributed by atoms with van der Waals surface area (Å²) in [4.78, 5) is 37.1. The number of ketones is 2. The van der Waals surface area contributed by atoms with Gasteiger partial charge in [0, 0.05) is 17.9 Å². The van der Waals surface area contributed by atoms with E-state index in [9.17, 15) is 19.5 Å². The summed E-state index contributed by atoms with van der Waals surface area (Å²) in [5.41, 5.74) is 2.77. The van der Waals surface area contributed by atoms with E-state index in [0.717, 1.165) is 29.6 Å². The zero-order chi connectivity index (χ0) is 22.6. The number of allylic oxidation sites excluding steroid dienone is 3. The van der Waals surface area contributed by atoms with E-state index in [2.05, 4.69) is 6.92 Å². The van der Waals surface area contributed by atoms with Crippen molar-refractivity contribution in [1.29, 1.82) is 0 Å². The molecule has 5 heteroatoms. The first-order valence-corrected chi connectivity index (χ1v) is 11.0. The second-order valence-corrected chi connectivity index (χ2v) is 9.37. The fourth-order valence-corrected chi connectivity index (χ4v) is 4.77. The number of carbonyl (C=O) groups is 3. The van der Waals surface area contributed by atoms with Gasteiger partial charge in [0.15, 0.2) is 11.6 Å². The number of hydrogen-bond donors (Lipinski definition) is 1.